The summed E-state index contributed by atoms with van der Waals surface area (Å²) in [5, 5.41) is 2.91. The van der Waals surface area contributed by atoms with Gasteiger partial charge < -0.3 is 15.8 Å². The molecule has 0 saturated carbocycles. The van der Waals surface area contributed by atoms with Crippen molar-refractivity contribution in [2.45, 2.75) is 32.7 Å². The number of hydrogen-bond acceptors (Lipinski definition) is 3. The average molecular weight is 377 g/mol. The average Bonchev–Trinajstić information content (AvgIpc) is 2.61. The van der Waals surface area contributed by atoms with Crippen molar-refractivity contribution < 1.29 is 9.53 Å². The minimum absolute atomic E-state index is 0. The first-order chi connectivity index (χ1) is 12.0. The Balaban J connectivity index is 0.00000338. The zero-order chi connectivity index (χ0) is 18.1. The summed E-state index contributed by atoms with van der Waals surface area (Å²) in [6.45, 7) is 5.54. The third-order valence-corrected chi connectivity index (χ3v) is 3.85. The molecule has 0 aliphatic rings. The summed E-state index contributed by atoms with van der Waals surface area (Å²) in [5.74, 6) is 1.28. The highest BCUT2D eigenvalue weighted by atomic mass is 35.5. The van der Waals surface area contributed by atoms with Gasteiger partial charge in [-0.3, -0.25) is 4.79 Å². The summed E-state index contributed by atoms with van der Waals surface area (Å²) in [4.78, 5) is 12.1. The number of nitrogens with two attached hydrogens (primary N) is 1. The Bertz CT molecular complexity index is 645. The molecule has 0 aromatic heterocycles. The van der Waals surface area contributed by atoms with Crippen LogP contribution in [0.15, 0.2) is 54.6 Å². The molecule has 0 radical (unpaired) electrons. The standard InChI is InChI=1S/C21H28N2O2.ClH/c1-16(2)15-25-19-10-8-17(9-11-19)12-13-23-21(24)20(22)14-18-6-4-3-5-7-18;/h3-11,16,20H,12-15,22H2,1-2H3,(H,23,24);1H/t20-;/m0./s1. The topological polar surface area (TPSA) is 64.3 Å². The fraction of sp³-hybridized carbons (Fsp3) is 0.381. The third kappa shape index (κ3) is 7.89. The number of carbonyl (C=O) groups is 1. The monoisotopic (exact) mass is 376 g/mol. The number of amides is 1. The quantitative estimate of drug-likeness (QED) is 0.705. The molecular formula is C21H29ClN2O2. The third-order valence-electron chi connectivity index (χ3n) is 3.85. The van der Waals surface area contributed by atoms with E-state index in [1.54, 1.807) is 0 Å². The second kappa shape index (κ2) is 11.6. The van der Waals surface area contributed by atoms with Crippen LogP contribution in [0.1, 0.15) is 25.0 Å². The van der Waals surface area contributed by atoms with Crippen molar-refractivity contribution in [1.29, 1.82) is 0 Å². The molecule has 0 bridgehead atoms. The number of carbonyl (C=O) groups excluding carboxylic acids is 1. The Morgan fingerprint density at radius 1 is 1.04 bits per heavy atom. The Hall–Kier alpha value is -2.04. The van der Waals surface area contributed by atoms with Crippen molar-refractivity contribution >= 4 is 18.3 Å². The molecule has 2 rings (SSSR count). The molecule has 5 heteroatoms. The van der Waals surface area contributed by atoms with Crippen molar-refractivity contribution in [3.8, 4) is 5.75 Å². The second-order valence-electron chi connectivity index (χ2n) is 6.69. The Labute approximate surface area is 162 Å². The van der Waals surface area contributed by atoms with Gasteiger partial charge in [-0.15, -0.1) is 12.4 Å². The largest absolute Gasteiger partial charge is 0.493 e. The zero-order valence-electron chi connectivity index (χ0n) is 15.5. The van der Waals surface area contributed by atoms with E-state index in [2.05, 4.69) is 19.2 Å². The maximum absolute atomic E-state index is 12.1. The van der Waals surface area contributed by atoms with Gasteiger partial charge >= 0.3 is 0 Å². The van der Waals surface area contributed by atoms with E-state index in [4.69, 9.17) is 10.5 Å². The number of rotatable bonds is 9. The SMILES string of the molecule is CC(C)COc1ccc(CCNC(=O)[C@@H](N)Cc2ccccc2)cc1.Cl. The van der Waals surface area contributed by atoms with Gasteiger partial charge in [0.25, 0.3) is 0 Å². The van der Waals surface area contributed by atoms with Crippen LogP contribution in [0.3, 0.4) is 0 Å². The molecular weight excluding hydrogens is 348 g/mol. The highest BCUT2D eigenvalue weighted by Gasteiger charge is 2.13. The highest BCUT2D eigenvalue weighted by Crippen LogP contribution is 2.13. The maximum Gasteiger partial charge on any atom is 0.237 e. The van der Waals surface area contributed by atoms with Crippen molar-refractivity contribution in [3.05, 3.63) is 65.7 Å². The van der Waals surface area contributed by atoms with E-state index < -0.39 is 6.04 Å². The number of ether oxygens (including phenoxy) is 1. The molecule has 0 spiro atoms. The van der Waals surface area contributed by atoms with Crippen LogP contribution in [-0.4, -0.2) is 25.1 Å². The van der Waals surface area contributed by atoms with E-state index in [0.717, 1.165) is 23.3 Å². The molecule has 0 unspecified atom stereocenters. The van der Waals surface area contributed by atoms with Gasteiger partial charge in [0.1, 0.15) is 5.75 Å². The predicted octanol–water partition coefficient (Wildman–Crippen LogP) is 3.37. The van der Waals surface area contributed by atoms with Crippen molar-refractivity contribution in [1.82, 2.24) is 5.32 Å². The molecule has 0 fully saturated rings. The van der Waals surface area contributed by atoms with E-state index in [-0.39, 0.29) is 18.3 Å². The first-order valence-corrected chi connectivity index (χ1v) is 8.83. The summed E-state index contributed by atoms with van der Waals surface area (Å²) < 4.78 is 5.67. The second-order valence-corrected chi connectivity index (χ2v) is 6.69. The van der Waals surface area contributed by atoms with Gasteiger partial charge in [0.15, 0.2) is 0 Å². The number of benzene rings is 2. The first-order valence-electron chi connectivity index (χ1n) is 8.83. The van der Waals surface area contributed by atoms with Gasteiger partial charge in [0.2, 0.25) is 5.91 Å². The molecule has 0 aliphatic carbocycles. The van der Waals surface area contributed by atoms with Crippen LogP contribution in [0, 0.1) is 5.92 Å². The summed E-state index contributed by atoms with van der Waals surface area (Å²) in [7, 11) is 0. The molecule has 1 atom stereocenters. The van der Waals surface area contributed by atoms with E-state index in [1.807, 2.05) is 54.6 Å². The van der Waals surface area contributed by atoms with E-state index in [0.29, 0.717) is 25.5 Å². The van der Waals surface area contributed by atoms with E-state index >= 15 is 0 Å². The van der Waals surface area contributed by atoms with Crippen LogP contribution >= 0.6 is 12.4 Å². The van der Waals surface area contributed by atoms with Crippen molar-refractivity contribution in [2.75, 3.05) is 13.2 Å². The number of hydrogen-bond donors (Lipinski definition) is 2. The molecule has 4 nitrogen and oxygen atoms in total. The molecule has 0 heterocycles. The van der Waals surface area contributed by atoms with Gasteiger partial charge in [0, 0.05) is 6.54 Å². The molecule has 0 saturated heterocycles. The summed E-state index contributed by atoms with van der Waals surface area (Å²) >= 11 is 0. The first kappa shape index (κ1) is 22.0. The lowest BCUT2D eigenvalue weighted by molar-refractivity contribution is -0.122. The summed E-state index contributed by atoms with van der Waals surface area (Å²) in [5.41, 5.74) is 8.21. The lowest BCUT2D eigenvalue weighted by Gasteiger charge is -2.13. The van der Waals surface area contributed by atoms with Crippen LogP contribution < -0.4 is 15.8 Å². The van der Waals surface area contributed by atoms with E-state index in [9.17, 15) is 4.79 Å². The molecule has 2 aromatic carbocycles. The van der Waals surface area contributed by atoms with Crippen LogP contribution in [0.2, 0.25) is 0 Å². The fourth-order valence-electron chi connectivity index (χ4n) is 2.44. The highest BCUT2D eigenvalue weighted by molar-refractivity contribution is 5.85. The number of halogens is 1. The van der Waals surface area contributed by atoms with Gasteiger partial charge in [-0.05, 0) is 42.0 Å². The Morgan fingerprint density at radius 2 is 1.69 bits per heavy atom. The van der Waals surface area contributed by atoms with Gasteiger partial charge in [-0.2, -0.15) is 0 Å². The normalized spacial score (nSPS) is 11.5. The van der Waals surface area contributed by atoms with Crippen LogP contribution in [0.5, 0.6) is 5.75 Å². The van der Waals surface area contributed by atoms with Crippen molar-refractivity contribution in [2.24, 2.45) is 11.7 Å². The predicted molar refractivity (Wildman–Crippen MR) is 109 cm³/mol. The zero-order valence-corrected chi connectivity index (χ0v) is 16.3. The van der Waals surface area contributed by atoms with Gasteiger partial charge in [0.05, 0.1) is 12.6 Å². The summed E-state index contributed by atoms with van der Waals surface area (Å²) in [6, 6.07) is 17.3. The lowest BCUT2D eigenvalue weighted by atomic mass is 10.1. The van der Waals surface area contributed by atoms with Crippen LogP contribution in [0.4, 0.5) is 0 Å². The van der Waals surface area contributed by atoms with Crippen molar-refractivity contribution in [3.63, 3.8) is 0 Å². The van der Waals surface area contributed by atoms with Crippen LogP contribution in [-0.2, 0) is 17.6 Å². The lowest BCUT2D eigenvalue weighted by Crippen LogP contribution is -2.42. The van der Waals surface area contributed by atoms with Gasteiger partial charge in [-0.25, -0.2) is 0 Å². The van der Waals surface area contributed by atoms with Gasteiger partial charge in [-0.1, -0.05) is 56.3 Å². The Kier molecular flexibility index (Phi) is 9.78. The number of nitrogens with one attached hydrogen (secondary N) is 1. The molecule has 26 heavy (non-hydrogen) atoms. The maximum atomic E-state index is 12.1. The molecule has 1 amide bonds. The Morgan fingerprint density at radius 3 is 2.31 bits per heavy atom. The fourth-order valence-corrected chi connectivity index (χ4v) is 2.44. The summed E-state index contributed by atoms with van der Waals surface area (Å²) in [6.07, 6.45) is 1.32. The van der Waals surface area contributed by atoms with Crippen LogP contribution in [0.25, 0.3) is 0 Å². The minimum Gasteiger partial charge on any atom is -0.493 e. The smallest absolute Gasteiger partial charge is 0.237 e. The minimum atomic E-state index is -0.519. The molecule has 0 aliphatic heterocycles. The molecule has 142 valence electrons. The van der Waals surface area contributed by atoms with E-state index in [1.165, 1.54) is 0 Å². The molecule has 3 N–H and O–H groups in total. The molecule has 2 aromatic rings.